The van der Waals surface area contributed by atoms with Crippen LogP contribution in [0.15, 0.2) is 87.3 Å². The number of aliphatic imine (C=N–C) groups is 3. The van der Waals surface area contributed by atoms with Crippen molar-refractivity contribution in [3.8, 4) is 0 Å². The highest BCUT2D eigenvalue weighted by atomic mass is 15.2. The standard InChI is InChI=1S/C18H28N4.C8H13N.C3H9N/c1-17(20-13-12-19-2)22(4)16-15-21(3)14-11-18-9-7-5-6-8-10-18;1-4-5-6-7-8(2)9-3;1-3-4-2/h5-7,9-10,12-13H,1,8,11,14-16H2,2-4H3;5-7H,3-4H2,1-2H3;4H,3H2,1-2H3/b19-12?,20-13-;6-5-,8-7-;. The van der Waals surface area contributed by atoms with Gasteiger partial charge in [0.25, 0.3) is 0 Å². The van der Waals surface area contributed by atoms with Gasteiger partial charge in [-0.2, -0.15) is 0 Å². The molecule has 0 saturated heterocycles. The number of likely N-dealkylation sites (N-methyl/N-ethyl adjacent to an activating group) is 2. The molecule has 196 valence electrons. The molecule has 1 rings (SSSR count). The molecular formula is C29H50N6. The molecule has 0 heterocycles. The Morgan fingerprint density at radius 2 is 1.86 bits per heavy atom. The van der Waals surface area contributed by atoms with Crippen LogP contribution in [0.25, 0.3) is 0 Å². The van der Waals surface area contributed by atoms with Gasteiger partial charge in [-0.05, 0) is 59.6 Å². The molecule has 0 spiro atoms. The maximum absolute atomic E-state index is 4.24. The summed E-state index contributed by atoms with van der Waals surface area (Å²) in [7, 11) is 7.82. The topological polar surface area (TPSA) is 55.6 Å². The van der Waals surface area contributed by atoms with E-state index in [2.05, 4.69) is 101 Å². The summed E-state index contributed by atoms with van der Waals surface area (Å²) in [4.78, 5) is 16.2. The third-order valence-electron chi connectivity index (χ3n) is 4.87. The van der Waals surface area contributed by atoms with E-state index in [-0.39, 0.29) is 0 Å². The Hall–Kier alpha value is -2.83. The number of hydrogen-bond acceptors (Lipinski definition) is 6. The molecule has 0 saturated carbocycles. The van der Waals surface area contributed by atoms with Crippen LogP contribution in [0.5, 0.6) is 0 Å². The van der Waals surface area contributed by atoms with Gasteiger partial charge in [-0.3, -0.25) is 9.98 Å². The lowest BCUT2D eigenvalue weighted by molar-refractivity contribution is 0.288. The van der Waals surface area contributed by atoms with Crippen LogP contribution in [0.1, 0.15) is 40.0 Å². The minimum atomic E-state index is 0.758. The van der Waals surface area contributed by atoms with Crippen LogP contribution in [-0.4, -0.2) is 83.3 Å². The summed E-state index contributed by atoms with van der Waals surface area (Å²) in [6.45, 7) is 17.5. The zero-order chi connectivity index (χ0) is 26.7. The summed E-state index contributed by atoms with van der Waals surface area (Å²) in [6.07, 6.45) is 23.4. The van der Waals surface area contributed by atoms with Gasteiger partial charge in [0.05, 0.1) is 0 Å². The number of hydrogen-bond donors (Lipinski definition) is 1. The Balaban J connectivity index is 0. The van der Waals surface area contributed by atoms with Gasteiger partial charge in [0.2, 0.25) is 0 Å². The van der Waals surface area contributed by atoms with Crippen molar-refractivity contribution in [2.24, 2.45) is 15.0 Å². The van der Waals surface area contributed by atoms with E-state index in [4.69, 9.17) is 0 Å². The normalized spacial score (nSPS) is 13.4. The molecule has 6 heteroatoms. The molecule has 0 aromatic heterocycles. The summed E-state index contributed by atoms with van der Waals surface area (Å²) in [5.74, 6) is 0.758. The Morgan fingerprint density at radius 1 is 1.14 bits per heavy atom. The second kappa shape index (κ2) is 25.8. The molecule has 1 N–H and O–H groups in total. The molecule has 0 fully saturated rings. The van der Waals surface area contributed by atoms with E-state index < -0.39 is 0 Å². The average Bonchev–Trinajstić information content (AvgIpc) is 3.15. The van der Waals surface area contributed by atoms with Gasteiger partial charge in [-0.1, -0.05) is 68.5 Å². The lowest BCUT2D eigenvalue weighted by atomic mass is 10.1. The van der Waals surface area contributed by atoms with Crippen molar-refractivity contribution < 1.29 is 0 Å². The van der Waals surface area contributed by atoms with Crippen LogP contribution in [0, 0.1) is 0 Å². The van der Waals surface area contributed by atoms with Crippen molar-refractivity contribution in [2.45, 2.75) is 40.0 Å². The van der Waals surface area contributed by atoms with E-state index >= 15 is 0 Å². The Morgan fingerprint density at radius 3 is 2.46 bits per heavy atom. The molecule has 35 heavy (non-hydrogen) atoms. The monoisotopic (exact) mass is 482 g/mol. The minimum absolute atomic E-state index is 0.758. The first-order valence-corrected chi connectivity index (χ1v) is 12.4. The Kier molecular flexibility index (Phi) is 25.3. The van der Waals surface area contributed by atoms with Gasteiger partial charge >= 0.3 is 0 Å². The fourth-order valence-corrected chi connectivity index (χ4v) is 2.37. The van der Waals surface area contributed by atoms with E-state index in [1.165, 1.54) is 5.57 Å². The van der Waals surface area contributed by atoms with Crippen LogP contribution in [0.2, 0.25) is 0 Å². The molecule has 1 aliphatic carbocycles. The second-order valence-corrected chi connectivity index (χ2v) is 7.89. The van der Waals surface area contributed by atoms with Crippen molar-refractivity contribution in [3.05, 3.63) is 72.3 Å². The second-order valence-electron chi connectivity index (χ2n) is 7.89. The highest BCUT2D eigenvalue weighted by molar-refractivity contribution is 6.16. The smallest absolute Gasteiger partial charge is 0.121 e. The van der Waals surface area contributed by atoms with E-state index in [0.717, 1.165) is 57.0 Å². The van der Waals surface area contributed by atoms with Crippen molar-refractivity contribution in [1.82, 2.24) is 15.1 Å². The number of rotatable bonds is 13. The maximum Gasteiger partial charge on any atom is 0.121 e. The summed E-state index contributed by atoms with van der Waals surface area (Å²) in [5, 5.41) is 2.93. The third kappa shape index (κ3) is 24.1. The van der Waals surface area contributed by atoms with Crippen molar-refractivity contribution in [2.75, 3.05) is 54.4 Å². The summed E-state index contributed by atoms with van der Waals surface area (Å²) < 4.78 is 0. The molecule has 0 aliphatic heterocycles. The fraction of sp³-hybridized carbons (Fsp3) is 0.483. The van der Waals surface area contributed by atoms with Gasteiger partial charge in [-0.25, -0.2) is 4.99 Å². The predicted molar refractivity (Wildman–Crippen MR) is 160 cm³/mol. The first kappa shape index (κ1) is 34.3. The van der Waals surface area contributed by atoms with Crippen LogP contribution in [-0.2, 0) is 0 Å². The summed E-state index contributed by atoms with van der Waals surface area (Å²) in [5.41, 5.74) is 2.37. The predicted octanol–water partition coefficient (Wildman–Crippen LogP) is 5.71. The molecule has 0 atom stereocenters. The Labute approximate surface area is 216 Å². The fourth-order valence-electron chi connectivity index (χ4n) is 2.37. The van der Waals surface area contributed by atoms with Gasteiger partial charge in [0.15, 0.2) is 0 Å². The van der Waals surface area contributed by atoms with Gasteiger partial charge in [0, 0.05) is 51.9 Å². The minimum Gasteiger partial charge on any atom is -0.359 e. The lowest BCUT2D eigenvalue weighted by Gasteiger charge is -2.23. The van der Waals surface area contributed by atoms with Gasteiger partial charge in [-0.15, -0.1) is 0 Å². The highest BCUT2D eigenvalue weighted by Crippen LogP contribution is 2.10. The largest absolute Gasteiger partial charge is 0.359 e. The zero-order valence-electron chi connectivity index (χ0n) is 23.4. The van der Waals surface area contributed by atoms with Gasteiger partial charge < -0.3 is 15.1 Å². The molecule has 0 bridgehead atoms. The SMILES string of the molecule is C=C(/N=C\C=NC)N(C)CCN(C)CCC1=CCC=CC=C1.C=N/C(C)=C\C=C/CC.CCNC. The van der Waals surface area contributed by atoms with Crippen LogP contribution in [0.3, 0.4) is 0 Å². The first-order chi connectivity index (χ1) is 16.9. The first-order valence-electron chi connectivity index (χ1n) is 12.4. The lowest BCUT2D eigenvalue weighted by Crippen LogP contribution is -2.30. The number of allylic oxidation sites excluding steroid dienone is 9. The molecule has 0 amide bonds. The molecule has 0 aromatic carbocycles. The van der Waals surface area contributed by atoms with Crippen molar-refractivity contribution in [1.29, 1.82) is 0 Å². The number of nitrogens with one attached hydrogen (secondary N) is 1. The summed E-state index contributed by atoms with van der Waals surface area (Å²) >= 11 is 0. The summed E-state index contributed by atoms with van der Waals surface area (Å²) in [6, 6.07) is 0. The molecule has 6 nitrogen and oxygen atoms in total. The van der Waals surface area contributed by atoms with Crippen molar-refractivity contribution in [3.63, 3.8) is 0 Å². The van der Waals surface area contributed by atoms with Crippen LogP contribution in [0.4, 0.5) is 0 Å². The van der Waals surface area contributed by atoms with Crippen LogP contribution >= 0.6 is 0 Å². The van der Waals surface area contributed by atoms with Crippen molar-refractivity contribution >= 4 is 19.1 Å². The maximum atomic E-state index is 4.24. The molecule has 0 aromatic rings. The van der Waals surface area contributed by atoms with E-state index in [0.29, 0.717) is 0 Å². The van der Waals surface area contributed by atoms with Crippen LogP contribution < -0.4 is 5.32 Å². The van der Waals surface area contributed by atoms with E-state index in [1.54, 1.807) is 19.5 Å². The molecule has 0 radical (unpaired) electrons. The quantitative estimate of drug-likeness (QED) is 0.270. The Bertz CT molecular complexity index is 751. The zero-order valence-corrected chi connectivity index (χ0v) is 23.4. The third-order valence-corrected chi connectivity index (χ3v) is 4.87. The van der Waals surface area contributed by atoms with E-state index in [9.17, 15) is 0 Å². The molecule has 0 unspecified atom stereocenters. The highest BCUT2D eigenvalue weighted by Gasteiger charge is 2.04. The number of nitrogens with zero attached hydrogens (tertiary/aromatic N) is 5. The molecule has 1 aliphatic rings. The molecular weight excluding hydrogens is 432 g/mol. The van der Waals surface area contributed by atoms with E-state index in [1.807, 2.05) is 33.2 Å². The van der Waals surface area contributed by atoms with Gasteiger partial charge in [0.1, 0.15) is 5.82 Å². The average molecular weight is 483 g/mol.